The second-order valence-electron chi connectivity index (χ2n) is 4.67. The number of ether oxygens (including phenoxy) is 1. The average Bonchev–Trinajstić information content (AvgIpc) is 2.26. The molecule has 0 fully saturated rings. The first-order valence-electron chi connectivity index (χ1n) is 5.82. The highest BCUT2D eigenvalue weighted by Gasteiger charge is 2.21. The van der Waals surface area contributed by atoms with Crippen molar-refractivity contribution >= 4 is 11.6 Å². The number of nitrogens with one attached hydrogen (secondary N) is 1. The topological polar surface area (TPSA) is 21.3 Å². The lowest BCUT2D eigenvalue weighted by molar-refractivity contribution is 0.250. The van der Waals surface area contributed by atoms with Crippen LogP contribution < -0.4 is 10.1 Å². The lowest BCUT2D eigenvalue weighted by atomic mass is 10.00. The average molecular weight is 240 g/mol. The fourth-order valence-electron chi connectivity index (χ4n) is 1.96. The molecule has 3 heteroatoms. The monoisotopic (exact) mass is 239 g/mol. The molecule has 0 aliphatic carbocycles. The van der Waals surface area contributed by atoms with Gasteiger partial charge in [0.05, 0.1) is 6.61 Å². The summed E-state index contributed by atoms with van der Waals surface area (Å²) in [6.07, 6.45) is 1.01. The third-order valence-corrected chi connectivity index (χ3v) is 3.02. The smallest absolute Gasteiger partial charge is 0.124 e. The number of benzene rings is 1. The molecule has 0 amide bonds. The van der Waals surface area contributed by atoms with Crippen LogP contribution in [-0.4, -0.2) is 13.2 Å². The van der Waals surface area contributed by atoms with Crippen molar-refractivity contribution in [2.75, 3.05) is 13.2 Å². The highest BCUT2D eigenvalue weighted by Crippen LogP contribution is 2.33. The molecule has 16 heavy (non-hydrogen) atoms. The van der Waals surface area contributed by atoms with Crippen molar-refractivity contribution in [3.63, 3.8) is 0 Å². The molecule has 1 atom stereocenters. The summed E-state index contributed by atoms with van der Waals surface area (Å²) in [7, 11) is 0. The Hall–Kier alpha value is -0.730. The largest absolute Gasteiger partial charge is 0.493 e. The van der Waals surface area contributed by atoms with Crippen LogP contribution in [0.4, 0.5) is 0 Å². The molecular weight excluding hydrogens is 222 g/mol. The van der Waals surface area contributed by atoms with E-state index in [0.717, 1.165) is 30.3 Å². The normalized spacial score (nSPS) is 19.4. The molecule has 1 aromatic carbocycles. The Balaban J connectivity index is 2.15. The lowest BCUT2D eigenvalue weighted by Gasteiger charge is -2.27. The Labute approximate surface area is 102 Å². The van der Waals surface area contributed by atoms with Crippen molar-refractivity contribution in [3.05, 3.63) is 28.8 Å². The summed E-state index contributed by atoms with van der Waals surface area (Å²) in [5, 5.41) is 4.34. The Morgan fingerprint density at radius 1 is 1.50 bits per heavy atom. The molecule has 1 aliphatic heterocycles. The maximum Gasteiger partial charge on any atom is 0.124 e. The minimum atomic E-state index is 0.379. The first-order chi connectivity index (χ1) is 7.66. The summed E-state index contributed by atoms with van der Waals surface area (Å²) < 4.78 is 5.62. The van der Waals surface area contributed by atoms with Gasteiger partial charge in [-0.1, -0.05) is 25.4 Å². The van der Waals surface area contributed by atoms with Crippen LogP contribution in [0.3, 0.4) is 0 Å². The highest BCUT2D eigenvalue weighted by molar-refractivity contribution is 6.30. The minimum Gasteiger partial charge on any atom is -0.493 e. The van der Waals surface area contributed by atoms with E-state index in [1.807, 2.05) is 18.2 Å². The van der Waals surface area contributed by atoms with Crippen molar-refractivity contribution in [2.24, 2.45) is 5.92 Å². The van der Waals surface area contributed by atoms with Crippen LogP contribution >= 0.6 is 11.6 Å². The van der Waals surface area contributed by atoms with Gasteiger partial charge in [-0.25, -0.2) is 0 Å². The van der Waals surface area contributed by atoms with E-state index in [1.165, 1.54) is 5.56 Å². The van der Waals surface area contributed by atoms with Gasteiger partial charge in [-0.3, -0.25) is 0 Å². The van der Waals surface area contributed by atoms with Crippen LogP contribution in [0.25, 0.3) is 0 Å². The Morgan fingerprint density at radius 2 is 2.31 bits per heavy atom. The molecule has 0 saturated heterocycles. The molecule has 88 valence electrons. The minimum absolute atomic E-state index is 0.379. The number of fused-ring (bicyclic) bond motifs is 1. The molecular formula is C13H18ClNO. The first-order valence-corrected chi connectivity index (χ1v) is 6.20. The molecule has 2 nitrogen and oxygen atoms in total. The van der Waals surface area contributed by atoms with Crippen LogP contribution in [0.1, 0.15) is 31.9 Å². The summed E-state index contributed by atoms with van der Waals surface area (Å²) in [6, 6.07) is 6.23. The van der Waals surface area contributed by atoms with Gasteiger partial charge in [0.1, 0.15) is 5.75 Å². The van der Waals surface area contributed by atoms with Crippen LogP contribution in [-0.2, 0) is 0 Å². The molecule has 0 saturated carbocycles. The van der Waals surface area contributed by atoms with E-state index in [1.54, 1.807) is 0 Å². The van der Waals surface area contributed by atoms with Crippen molar-refractivity contribution < 1.29 is 4.74 Å². The van der Waals surface area contributed by atoms with E-state index in [2.05, 4.69) is 19.2 Å². The fourth-order valence-corrected chi connectivity index (χ4v) is 2.14. The molecule has 1 heterocycles. The van der Waals surface area contributed by atoms with Crippen LogP contribution in [0, 0.1) is 5.92 Å². The van der Waals surface area contributed by atoms with Crippen molar-refractivity contribution in [3.8, 4) is 5.75 Å². The van der Waals surface area contributed by atoms with Gasteiger partial charge in [0.25, 0.3) is 0 Å². The zero-order valence-corrected chi connectivity index (χ0v) is 10.6. The van der Waals surface area contributed by atoms with Crippen molar-refractivity contribution in [1.82, 2.24) is 5.32 Å². The quantitative estimate of drug-likeness (QED) is 0.873. The Bertz CT molecular complexity index is 365. The van der Waals surface area contributed by atoms with Crippen molar-refractivity contribution in [2.45, 2.75) is 26.3 Å². The van der Waals surface area contributed by atoms with E-state index in [-0.39, 0.29) is 0 Å². The van der Waals surface area contributed by atoms with Gasteiger partial charge in [0, 0.05) is 23.0 Å². The van der Waals surface area contributed by atoms with E-state index < -0.39 is 0 Å². The standard InChI is InChI=1S/C13H18ClNO/c1-9(2)8-15-12-5-6-16-13-4-3-10(14)7-11(12)13/h3-4,7,9,12,15H,5-6,8H2,1-2H3. The van der Waals surface area contributed by atoms with Gasteiger partial charge >= 0.3 is 0 Å². The van der Waals surface area contributed by atoms with E-state index >= 15 is 0 Å². The number of rotatable bonds is 3. The molecule has 0 radical (unpaired) electrons. The number of hydrogen-bond donors (Lipinski definition) is 1. The Kier molecular flexibility index (Phi) is 3.72. The molecule has 0 bridgehead atoms. The zero-order valence-electron chi connectivity index (χ0n) is 9.79. The maximum absolute atomic E-state index is 6.02. The van der Waals surface area contributed by atoms with Gasteiger partial charge in [-0.2, -0.15) is 0 Å². The molecule has 1 aromatic rings. The van der Waals surface area contributed by atoms with Crippen LogP contribution in [0.5, 0.6) is 5.75 Å². The van der Waals surface area contributed by atoms with Gasteiger partial charge in [0.2, 0.25) is 0 Å². The van der Waals surface area contributed by atoms with E-state index in [4.69, 9.17) is 16.3 Å². The zero-order chi connectivity index (χ0) is 11.5. The third kappa shape index (κ3) is 2.69. The SMILES string of the molecule is CC(C)CNC1CCOc2ccc(Cl)cc21. The van der Waals surface area contributed by atoms with Crippen LogP contribution in [0.15, 0.2) is 18.2 Å². The summed E-state index contributed by atoms with van der Waals surface area (Å²) in [5.74, 6) is 1.63. The van der Waals surface area contributed by atoms with Crippen LogP contribution in [0.2, 0.25) is 5.02 Å². The molecule has 1 N–H and O–H groups in total. The summed E-state index contributed by atoms with van der Waals surface area (Å²) in [4.78, 5) is 0. The summed E-state index contributed by atoms with van der Waals surface area (Å²) in [6.45, 7) is 6.23. The molecule has 0 spiro atoms. The number of hydrogen-bond acceptors (Lipinski definition) is 2. The predicted molar refractivity (Wildman–Crippen MR) is 67.1 cm³/mol. The maximum atomic E-state index is 6.02. The van der Waals surface area contributed by atoms with Gasteiger partial charge in [0.15, 0.2) is 0 Å². The summed E-state index contributed by atoms with van der Waals surface area (Å²) >= 11 is 6.02. The molecule has 0 aromatic heterocycles. The van der Waals surface area contributed by atoms with Gasteiger partial charge < -0.3 is 10.1 Å². The number of halogens is 1. The summed E-state index contributed by atoms with van der Waals surface area (Å²) in [5.41, 5.74) is 1.19. The predicted octanol–water partition coefficient (Wildman–Crippen LogP) is 3.41. The van der Waals surface area contributed by atoms with E-state index in [9.17, 15) is 0 Å². The third-order valence-electron chi connectivity index (χ3n) is 2.78. The van der Waals surface area contributed by atoms with Gasteiger partial charge in [-0.05, 0) is 30.7 Å². The molecule has 1 aliphatic rings. The van der Waals surface area contributed by atoms with E-state index in [0.29, 0.717) is 12.0 Å². The Morgan fingerprint density at radius 3 is 3.06 bits per heavy atom. The van der Waals surface area contributed by atoms with Crippen molar-refractivity contribution in [1.29, 1.82) is 0 Å². The lowest BCUT2D eigenvalue weighted by Crippen LogP contribution is -2.29. The fraction of sp³-hybridized carbons (Fsp3) is 0.538. The van der Waals surface area contributed by atoms with Gasteiger partial charge in [-0.15, -0.1) is 0 Å². The molecule has 2 rings (SSSR count). The second kappa shape index (κ2) is 5.07. The molecule has 1 unspecified atom stereocenters. The highest BCUT2D eigenvalue weighted by atomic mass is 35.5. The second-order valence-corrected chi connectivity index (χ2v) is 5.11. The first kappa shape index (κ1) is 11.7.